The number of ether oxygens (including phenoxy) is 1. The molecule has 0 aliphatic rings. The van der Waals surface area contributed by atoms with Crippen LogP contribution in [0.1, 0.15) is 17.0 Å². The Labute approximate surface area is 118 Å². The van der Waals surface area contributed by atoms with Gasteiger partial charge in [0.25, 0.3) is 5.88 Å². The van der Waals surface area contributed by atoms with Crippen molar-refractivity contribution in [3.8, 4) is 11.6 Å². The molecular formula is C13H10ClF3N2O. The van der Waals surface area contributed by atoms with Crippen LogP contribution in [0.2, 0.25) is 5.15 Å². The number of hydrogen-bond donors (Lipinski definition) is 0. The maximum absolute atomic E-state index is 12.4. The van der Waals surface area contributed by atoms with Gasteiger partial charge < -0.3 is 4.74 Å². The normalized spacial score (nSPS) is 11.5. The van der Waals surface area contributed by atoms with E-state index >= 15 is 0 Å². The fraction of sp³-hybridized carbons (Fsp3) is 0.231. The standard InChI is InChI=1S/C13H10ClF3N2O/c1-7-8(2)19-12(11(14)18-7)20-10-5-3-9(4-6-10)13(15,16)17/h3-6H,1-2H3. The van der Waals surface area contributed by atoms with Gasteiger partial charge in [0, 0.05) is 0 Å². The molecule has 0 atom stereocenters. The summed E-state index contributed by atoms with van der Waals surface area (Å²) in [4.78, 5) is 8.12. The van der Waals surface area contributed by atoms with Crippen LogP contribution in [0.25, 0.3) is 0 Å². The van der Waals surface area contributed by atoms with Crippen LogP contribution in [0, 0.1) is 13.8 Å². The third kappa shape index (κ3) is 3.19. The quantitative estimate of drug-likeness (QED) is 0.816. The van der Waals surface area contributed by atoms with Gasteiger partial charge in [0.1, 0.15) is 5.75 Å². The van der Waals surface area contributed by atoms with E-state index in [2.05, 4.69) is 9.97 Å². The SMILES string of the molecule is Cc1nc(Cl)c(Oc2ccc(C(F)(F)F)cc2)nc1C. The number of aromatic nitrogens is 2. The van der Waals surface area contributed by atoms with Crippen molar-refractivity contribution in [3.05, 3.63) is 46.4 Å². The van der Waals surface area contributed by atoms with E-state index in [4.69, 9.17) is 16.3 Å². The largest absolute Gasteiger partial charge is 0.436 e. The Bertz CT molecular complexity index is 627. The van der Waals surface area contributed by atoms with Crippen LogP contribution in [-0.4, -0.2) is 9.97 Å². The van der Waals surface area contributed by atoms with Crippen LogP contribution in [0.5, 0.6) is 11.6 Å². The minimum atomic E-state index is -4.38. The van der Waals surface area contributed by atoms with Crippen LogP contribution in [0.3, 0.4) is 0 Å². The lowest BCUT2D eigenvalue weighted by molar-refractivity contribution is -0.137. The third-order valence-corrected chi connectivity index (χ3v) is 2.88. The molecule has 2 rings (SSSR count). The molecule has 0 unspecified atom stereocenters. The average molecular weight is 303 g/mol. The van der Waals surface area contributed by atoms with Crippen molar-refractivity contribution in [2.24, 2.45) is 0 Å². The fourth-order valence-corrected chi connectivity index (χ4v) is 1.65. The number of aryl methyl sites for hydroxylation is 2. The molecule has 0 saturated carbocycles. The van der Waals surface area contributed by atoms with Crippen molar-refractivity contribution in [1.29, 1.82) is 0 Å². The topological polar surface area (TPSA) is 35.0 Å². The molecule has 1 aromatic heterocycles. The molecule has 1 aromatic carbocycles. The molecule has 106 valence electrons. The van der Waals surface area contributed by atoms with Crippen molar-refractivity contribution in [3.63, 3.8) is 0 Å². The predicted molar refractivity (Wildman–Crippen MR) is 68.0 cm³/mol. The van der Waals surface area contributed by atoms with Gasteiger partial charge >= 0.3 is 6.18 Å². The summed E-state index contributed by atoms with van der Waals surface area (Å²) >= 11 is 5.88. The lowest BCUT2D eigenvalue weighted by atomic mass is 10.2. The van der Waals surface area contributed by atoms with Crippen LogP contribution in [0.15, 0.2) is 24.3 Å². The van der Waals surface area contributed by atoms with Gasteiger partial charge in [-0.25, -0.2) is 9.97 Å². The van der Waals surface area contributed by atoms with Gasteiger partial charge in [-0.3, -0.25) is 0 Å². The van der Waals surface area contributed by atoms with E-state index in [1.807, 2.05) is 0 Å². The van der Waals surface area contributed by atoms with Crippen molar-refractivity contribution in [2.75, 3.05) is 0 Å². The van der Waals surface area contributed by atoms with Gasteiger partial charge in [-0.2, -0.15) is 13.2 Å². The summed E-state index contributed by atoms with van der Waals surface area (Å²) in [6.45, 7) is 3.48. The first-order valence-corrected chi connectivity index (χ1v) is 6.01. The molecule has 20 heavy (non-hydrogen) atoms. The second-order valence-corrected chi connectivity index (χ2v) is 4.47. The zero-order valence-corrected chi connectivity index (χ0v) is 11.4. The van der Waals surface area contributed by atoms with E-state index in [0.29, 0.717) is 11.4 Å². The molecule has 0 spiro atoms. The van der Waals surface area contributed by atoms with Crippen LogP contribution in [0.4, 0.5) is 13.2 Å². The van der Waals surface area contributed by atoms with Gasteiger partial charge in [-0.1, -0.05) is 11.6 Å². The van der Waals surface area contributed by atoms with Crippen LogP contribution in [-0.2, 0) is 6.18 Å². The summed E-state index contributed by atoms with van der Waals surface area (Å²) < 4.78 is 42.6. The second-order valence-electron chi connectivity index (χ2n) is 4.11. The van der Waals surface area contributed by atoms with Crippen LogP contribution >= 0.6 is 11.6 Å². The number of alkyl halides is 3. The van der Waals surface area contributed by atoms with Crippen molar-refractivity contribution >= 4 is 11.6 Å². The first-order chi connectivity index (χ1) is 9.27. The maximum atomic E-state index is 12.4. The van der Waals surface area contributed by atoms with Gasteiger partial charge in [-0.05, 0) is 38.1 Å². The highest BCUT2D eigenvalue weighted by Crippen LogP contribution is 2.32. The first-order valence-electron chi connectivity index (χ1n) is 5.63. The molecule has 0 radical (unpaired) electrons. The lowest BCUT2D eigenvalue weighted by Crippen LogP contribution is -2.04. The minimum absolute atomic E-state index is 0.0630. The molecule has 7 heteroatoms. The summed E-state index contributed by atoms with van der Waals surface area (Å²) in [6, 6.07) is 4.27. The summed E-state index contributed by atoms with van der Waals surface area (Å²) in [5.74, 6) is 0.270. The average Bonchev–Trinajstić information content (AvgIpc) is 2.35. The number of halogens is 4. The molecule has 0 aliphatic heterocycles. The second kappa shape index (κ2) is 5.28. The van der Waals surface area contributed by atoms with Gasteiger partial charge in [0.2, 0.25) is 0 Å². The Morgan fingerprint density at radius 1 is 1.00 bits per heavy atom. The van der Waals surface area contributed by atoms with E-state index in [0.717, 1.165) is 12.1 Å². The minimum Gasteiger partial charge on any atom is -0.436 e. The van der Waals surface area contributed by atoms with E-state index in [-0.39, 0.29) is 16.8 Å². The first kappa shape index (κ1) is 14.6. The summed E-state index contributed by atoms with van der Waals surface area (Å²) in [7, 11) is 0. The highest BCUT2D eigenvalue weighted by Gasteiger charge is 2.30. The zero-order valence-electron chi connectivity index (χ0n) is 10.6. The Kier molecular flexibility index (Phi) is 3.85. The molecule has 0 aliphatic carbocycles. The van der Waals surface area contributed by atoms with Crippen molar-refractivity contribution in [2.45, 2.75) is 20.0 Å². The summed E-state index contributed by atoms with van der Waals surface area (Å²) in [5.41, 5.74) is 0.549. The molecule has 0 N–H and O–H groups in total. The number of hydrogen-bond acceptors (Lipinski definition) is 3. The Morgan fingerprint density at radius 2 is 1.55 bits per heavy atom. The number of benzene rings is 1. The van der Waals surface area contributed by atoms with E-state index in [9.17, 15) is 13.2 Å². The highest BCUT2D eigenvalue weighted by atomic mass is 35.5. The molecule has 0 bridgehead atoms. The van der Waals surface area contributed by atoms with E-state index in [1.54, 1.807) is 13.8 Å². The molecule has 3 nitrogen and oxygen atoms in total. The predicted octanol–water partition coefficient (Wildman–Crippen LogP) is 4.56. The molecule has 0 fully saturated rings. The zero-order chi connectivity index (χ0) is 14.9. The molecule has 0 amide bonds. The van der Waals surface area contributed by atoms with Gasteiger partial charge in [-0.15, -0.1) is 0 Å². The maximum Gasteiger partial charge on any atom is 0.416 e. The van der Waals surface area contributed by atoms with Gasteiger partial charge in [0.05, 0.1) is 17.0 Å². The smallest absolute Gasteiger partial charge is 0.416 e. The summed E-state index contributed by atoms with van der Waals surface area (Å²) in [6.07, 6.45) is -4.38. The van der Waals surface area contributed by atoms with Crippen LogP contribution < -0.4 is 4.74 Å². The Morgan fingerprint density at radius 3 is 2.10 bits per heavy atom. The summed E-state index contributed by atoms with van der Waals surface area (Å²) in [5, 5.41) is 0.0630. The highest BCUT2D eigenvalue weighted by molar-refractivity contribution is 6.30. The fourth-order valence-electron chi connectivity index (χ4n) is 1.44. The van der Waals surface area contributed by atoms with Crippen molar-refractivity contribution < 1.29 is 17.9 Å². The van der Waals surface area contributed by atoms with E-state index < -0.39 is 11.7 Å². The monoisotopic (exact) mass is 302 g/mol. The third-order valence-electron chi connectivity index (χ3n) is 2.63. The Balaban J connectivity index is 2.25. The Hall–Kier alpha value is -1.82. The van der Waals surface area contributed by atoms with E-state index in [1.165, 1.54) is 12.1 Å². The molecule has 0 saturated heterocycles. The molecule has 1 heterocycles. The number of nitrogens with zero attached hydrogens (tertiary/aromatic N) is 2. The van der Waals surface area contributed by atoms with Crippen molar-refractivity contribution in [1.82, 2.24) is 9.97 Å². The lowest BCUT2D eigenvalue weighted by Gasteiger charge is -2.10. The number of rotatable bonds is 2. The molecule has 2 aromatic rings. The van der Waals surface area contributed by atoms with Gasteiger partial charge in [0.15, 0.2) is 5.15 Å². The molecular weight excluding hydrogens is 293 g/mol.